The van der Waals surface area contributed by atoms with E-state index in [1.54, 1.807) is 17.3 Å². The standard InChI is InChI=1S/C35H31ClF2N4O2/c1-21-5-4-7-31(42-16-13-24(20-32(42)43)33-28(37)11-10-27(36)34(33)38)30-19-23(12-15-40-30)26-9-8-22(18-29(26)41-35(21)44)17-25-6-2-3-14-39-25/h2-3,6,8-12,14-15,18-21,31H,4-5,7,13,16-17H2,1H3,(H,41,44)/t21-,31+/m1/s1. The molecule has 2 aliphatic rings. The number of benzene rings is 2. The van der Waals surface area contributed by atoms with Crippen LogP contribution in [0.4, 0.5) is 14.5 Å². The van der Waals surface area contributed by atoms with E-state index in [0.717, 1.165) is 40.2 Å². The number of anilines is 1. The van der Waals surface area contributed by atoms with Crippen LogP contribution in [0.25, 0.3) is 16.7 Å². The second-order valence-electron chi connectivity index (χ2n) is 11.4. The number of halogens is 3. The zero-order chi connectivity index (χ0) is 30.8. The molecule has 44 heavy (non-hydrogen) atoms. The zero-order valence-corrected chi connectivity index (χ0v) is 25.0. The molecule has 4 aromatic rings. The van der Waals surface area contributed by atoms with Crippen LogP contribution in [-0.2, 0) is 16.0 Å². The Labute approximate surface area is 259 Å². The first-order valence-corrected chi connectivity index (χ1v) is 15.1. The number of rotatable bonds is 4. The third-order valence-electron chi connectivity index (χ3n) is 8.39. The molecule has 2 aromatic heterocycles. The van der Waals surface area contributed by atoms with Crippen molar-refractivity contribution in [3.63, 3.8) is 0 Å². The Morgan fingerprint density at radius 3 is 2.66 bits per heavy atom. The number of amides is 2. The molecule has 0 unspecified atom stereocenters. The van der Waals surface area contributed by atoms with Crippen LogP contribution in [0.15, 0.2) is 79.1 Å². The maximum Gasteiger partial charge on any atom is 0.247 e. The average molecular weight is 613 g/mol. The molecule has 2 aliphatic heterocycles. The number of hydrogen-bond acceptors (Lipinski definition) is 4. The Kier molecular flexibility index (Phi) is 8.53. The summed E-state index contributed by atoms with van der Waals surface area (Å²) >= 11 is 5.92. The molecule has 0 fully saturated rings. The van der Waals surface area contributed by atoms with Gasteiger partial charge in [-0.05, 0) is 78.4 Å². The fourth-order valence-corrected chi connectivity index (χ4v) is 6.17. The minimum Gasteiger partial charge on any atom is -0.330 e. The van der Waals surface area contributed by atoms with Gasteiger partial charge in [-0.3, -0.25) is 19.6 Å². The Morgan fingerprint density at radius 2 is 1.86 bits per heavy atom. The summed E-state index contributed by atoms with van der Waals surface area (Å²) in [5, 5.41) is 2.96. The van der Waals surface area contributed by atoms with Crippen LogP contribution in [0.2, 0.25) is 5.02 Å². The SMILES string of the molecule is C[C@@H]1CCC[C@H](N2CCC(c3c(F)ccc(Cl)c3F)=CC2=O)c2cc(ccn2)-c2ccc(Cc3ccccn3)cc2NC1=O. The summed E-state index contributed by atoms with van der Waals surface area (Å²) in [4.78, 5) is 37.6. The second-order valence-corrected chi connectivity index (χ2v) is 11.8. The summed E-state index contributed by atoms with van der Waals surface area (Å²) in [6.45, 7) is 2.16. The summed E-state index contributed by atoms with van der Waals surface area (Å²) in [5.74, 6) is -2.30. The predicted octanol–water partition coefficient (Wildman–Crippen LogP) is 7.78. The van der Waals surface area contributed by atoms with E-state index >= 15 is 0 Å². The number of carbonyl (C=O) groups excluding carboxylic acids is 2. The van der Waals surface area contributed by atoms with Crippen LogP contribution >= 0.6 is 11.6 Å². The van der Waals surface area contributed by atoms with Gasteiger partial charge in [0.15, 0.2) is 5.82 Å². The van der Waals surface area contributed by atoms with E-state index in [1.165, 1.54) is 6.08 Å². The van der Waals surface area contributed by atoms with Crippen molar-refractivity contribution in [2.75, 3.05) is 11.9 Å². The van der Waals surface area contributed by atoms with Crippen molar-refractivity contribution < 1.29 is 18.4 Å². The average Bonchev–Trinajstić information content (AvgIpc) is 3.02. The molecule has 1 N–H and O–H groups in total. The fourth-order valence-electron chi connectivity index (χ4n) is 6.02. The molecule has 2 bridgehead atoms. The molecule has 224 valence electrons. The van der Waals surface area contributed by atoms with Crippen molar-refractivity contribution in [2.24, 2.45) is 5.92 Å². The van der Waals surface area contributed by atoms with Crippen LogP contribution in [0, 0.1) is 17.6 Å². The van der Waals surface area contributed by atoms with Crippen LogP contribution in [0.5, 0.6) is 0 Å². The van der Waals surface area contributed by atoms with Crippen LogP contribution in [0.3, 0.4) is 0 Å². The lowest BCUT2D eigenvalue weighted by molar-refractivity contribution is -0.129. The number of carbonyl (C=O) groups is 2. The second kappa shape index (κ2) is 12.7. The molecule has 2 amide bonds. The molecule has 0 saturated heterocycles. The van der Waals surface area contributed by atoms with Gasteiger partial charge in [0.1, 0.15) is 5.82 Å². The molecule has 0 saturated carbocycles. The molecule has 0 radical (unpaired) electrons. The van der Waals surface area contributed by atoms with Gasteiger partial charge in [-0.1, -0.05) is 43.1 Å². The smallest absolute Gasteiger partial charge is 0.247 e. The molecular weight excluding hydrogens is 582 g/mol. The molecule has 0 spiro atoms. The number of aromatic nitrogens is 2. The zero-order valence-electron chi connectivity index (χ0n) is 24.2. The number of fused-ring (bicyclic) bond motifs is 4. The largest absolute Gasteiger partial charge is 0.330 e. The van der Waals surface area contributed by atoms with E-state index in [2.05, 4.69) is 15.3 Å². The van der Waals surface area contributed by atoms with Gasteiger partial charge in [0.2, 0.25) is 11.8 Å². The summed E-state index contributed by atoms with van der Waals surface area (Å²) in [6, 6.07) is 17.6. The van der Waals surface area contributed by atoms with Gasteiger partial charge in [0.25, 0.3) is 0 Å². The Balaban J connectivity index is 1.36. The van der Waals surface area contributed by atoms with Gasteiger partial charge in [-0.25, -0.2) is 8.78 Å². The third-order valence-corrected chi connectivity index (χ3v) is 8.69. The molecule has 4 heterocycles. The van der Waals surface area contributed by atoms with Crippen molar-refractivity contribution >= 4 is 34.7 Å². The van der Waals surface area contributed by atoms with E-state index in [9.17, 15) is 18.4 Å². The lowest BCUT2D eigenvalue weighted by atomic mass is 9.92. The van der Waals surface area contributed by atoms with Gasteiger partial charge in [0.05, 0.1) is 22.3 Å². The lowest BCUT2D eigenvalue weighted by Gasteiger charge is -2.34. The fraction of sp³-hybridized carbons (Fsp3) is 0.257. The highest BCUT2D eigenvalue weighted by molar-refractivity contribution is 6.31. The highest BCUT2D eigenvalue weighted by atomic mass is 35.5. The Hall–Kier alpha value is -4.43. The topological polar surface area (TPSA) is 75.2 Å². The van der Waals surface area contributed by atoms with Gasteiger partial charge < -0.3 is 10.2 Å². The van der Waals surface area contributed by atoms with Crippen LogP contribution < -0.4 is 5.32 Å². The van der Waals surface area contributed by atoms with E-state index in [-0.39, 0.29) is 52.9 Å². The highest BCUT2D eigenvalue weighted by Gasteiger charge is 2.31. The quantitative estimate of drug-likeness (QED) is 0.239. The van der Waals surface area contributed by atoms with Gasteiger partial charge in [-0.2, -0.15) is 0 Å². The maximum atomic E-state index is 14.8. The van der Waals surface area contributed by atoms with E-state index in [4.69, 9.17) is 11.6 Å². The number of nitrogens with zero attached hydrogens (tertiary/aromatic N) is 3. The molecular formula is C35H31ClF2N4O2. The van der Waals surface area contributed by atoms with Crippen molar-refractivity contribution in [1.82, 2.24) is 14.9 Å². The summed E-state index contributed by atoms with van der Waals surface area (Å²) in [7, 11) is 0. The first-order valence-electron chi connectivity index (χ1n) is 14.7. The van der Waals surface area contributed by atoms with Crippen LogP contribution in [-0.4, -0.2) is 33.2 Å². The van der Waals surface area contributed by atoms with Crippen LogP contribution in [0.1, 0.15) is 61.2 Å². The molecule has 2 aromatic carbocycles. The molecule has 6 rings (SSSR count). The number of hydrogen-bond donors (Lipinski definition) is 1. The van der Waals surface area contributed by atoms with Gasteiger partial charge in [0, 0.05) is 54.3 Å². The Bertz CT molecular complexity index is 1760. The minimum absolute atomic E-state index is 0.0696. The third kappa shape index (κ3) is 6.13. The molecule has 2 atom stereocenters. The predicted molar refractivity (Wildman–Crippen MR) is 167 cm³/mol. The summed E-state index contributed by atoms with van der Waals surface area (Å²) in [5.41, 5.74) is 5.09. The monoisotopic (exact) mass is 612 g/mol. The lowest BCUT2D eigenvalue weighted by Crippen LogP contribution is -2.38. The van der Waals surface area contributed by atoms with E-state index in [0.29, 0.717) is 31.4 Å². The first-order chi connectivity index (χ1) is 21.3. The van der Waals surface area contributed by atoms with Gasteiger partial charge in [-0.15, -0.1) is 0 Å². The number of pyridine rings is 2. The molecule has 9 heteroatoms. The van der Waals surface area contributed by atoms with E-state index < -0.39 is 11.6 Å². The highest BCUT2D eigenvalue weighted by Crippen LogP contribution is 2.37. The van der Waals surface area contributed by atoms with Crippen molar-refractivity contribution in [2.45, 2.75) is 45.1 Å². The normalized spacial score (nSPS) is 18.9. The van der Waals surface area contributed by atoms with E-state index in [1.807, 2.05) is 55.5 Å². The van der Waals surface area contributed by atoms with Crippen molar-refractivity contribution in [3.8, 4) is 11.1 Å². The summed E-state index contributed by atoms with van der Waals surface area (Å²) < 4.78 is 29.4. The molecule has 6 nitrogen and oxygen atoms in total. The first kappa shape index (κ1) is 29.6. The number of nitrogens with one attached hydrogen (secondary N) is 1. The van der Waals surface area contributed by atoms with Crippen molar-refractivity contribution in [1.29, 1.82) is 0 Å². The van der Waals surface area contributed by atoms with Gasteiger partial charge >= 0.3 is 0 Å². The van der Waals surface area contributed by atoms with Crippen molar-refractivity contribution in [3.05, 3.63) is 118 Å². The molecule has 0 aliphatic carbocycles. The minimum atomic E-state index is -0.867. The Morgan fingerprint density at radius 1 is 1.00 bits per heavy atom. The maximum absolute atomic E-state index is 14.8. The summed E-state index contributed by atoms with van der Waals surface area (Å²) in [6.07, 6.45) is 7.54.